The molecule has 0 aliphatic heterocycles. The zero-order chi connectivity index (χ0) is 10.8. The summed E-state index contributed by atoms with van der Waals surface area (Å²) in [4.78, 5) is 3.92. The Kier molecular flexibility index (Phi) is 2.89. The van der Waals surface area contributed by atoms with Gasteiger partial charge in [-0.15, -0.1) is 0 Å². The molecular weight excluding hydrogens is 174 g/mol. The van der Waals surface area contributed by atoms with Gasteiger partial charge in [-0.2, -0.15) is 5.10 Å². The predicted octanol–water partition coefficient (Wildman–Crippen LogP) is 3.12. The Morgan fingerprint density at radius 3 is 2.64 bits per heavy atom. The topological polar surface area (TPSA) is 30.2 Å². The average Bonchev–Trinajstić information content (AvgIpc) is 2.51. The van der Waals surface area contributed by atoms with Gasteiger partial charge in [0.25, 0.3) is 0 Å². The van der Waals surface area contributed by atoms with Crippen LogP contribution in [0.3, 0.4) is 0 Å². The average molecular weight is 191 g/mol. The summed E-state index contributed by atoms with van der Waals surface area (Å²) in [5.74, 6) is 0.785. The van der Waals surface area contributed by atoms with E-state index >= 15 is 0 Å². The van der Waals surface area contributed by atoms with Gasteiger partial charge < -0.3 is 0 Å². The van der Waals surface area contributed by atoms with E-state index in [1.807, 2.05) is 17.7 Å². The molecule has 1 heterocycles. The third-order valence-corrected chi connectivity index (χ3v) is 2.05. The first-order valence-corrected chi connectivity index (χ1v) is 4.68. The van der Waals surface area contributed by atoms with Crippen LogP contribution >= 0.6 is 0 Å². The largest absolute Gasteiger partial charge is 0.245 e. The van der Waals surface area contributed by atoms with E-state index in [0.29, 0.717) is 0 Å². The molecule has 0 spiro atoms. The number of nitrogens with zero attached hydrogens (tertiary/aromatic N) is 3. The summed E-state index contributed by atoms with van der Waals surface area (Å²) in [6, 6.07) is 1.85. The third kappa shape index (κ3) is 1.92. The monoisotopic (exact) mass is 191 g/mol. The van der Waals surface area contributed by atoms with E-state index in [1.54, 1.807) is 6.20 Å². The maximum atomic E-state index is 4.24. The van der Waals surface area contributed by atoms with Crippen LogP contribution in [-0.4, -0.2) is 16.5 Å². The Labute approximate surface area is 85.2 Å². The molecule has 0 aromatic carbocycles. The highest BCUT2D eigenvalue weighted by Gasteiger charge is 2.20. The highest BCUT2D eigenvalue weighted by molar-refractivity contribution is 5.56. The number of aliphatic imine (C=N–C) groups is 1. The van der Waals surface area contributed by atoms with Gasteiger partial charge in [0.1, 0.15) is 0 Å². The van der Waals surface area contributed by atoms with E-state index in [9.17, 15) is 0 Å². The molecule has 0 aliphatic carbocycles. The number of allylic oxidation sites excluding steroid dienone is 2. The van der Waals surface area contributed by atoms with Crippen molar-refractivity contribution in [3.63, 3.8) is 0 Å². The molecule has 1 aromatic rings. The van der Waals surface area contributed by atoms with Gasteiger partial charge in [0.2, 0.25) is 0 Å². The summed E-state index contributed by atoms with van der Waals surface area (Å²) in [5.41, 5.74) is 1.19. The maximum absolute atomic E-state index is 4.24. The van der Waals surface area contributed by atoms with Crippen molar-refractivity contribution >= 4 is 18.2 Å². The van der Waals surface area contributed by atoms with Gasteiger partial charge in [-0.3, -0.25) is 0 Å². The second-order valence-corrected chi connectivity index (χ2v) is 4.18. The highest BCUT2D eigenvalue weighted by atomic mass is 15.3. The summed E-state index contributed by atoms with van der Waals surface area (Å²) in [5, 5.41) is 4.24. The summed E-state index contributed by atoms with van der Waals surface area (Å²) in [7, 11) is 0. The molecule has 14 heavy (non-hydrogen) atoms. The minimum Gasteiger partial charge on any atom is -0.245 e. The smallest absolute Gasteiger partial charge is 0.154 e. The quantitative estimate of drug-likeness (QED) is 0.660. The number of hydrogen-bond acceptors (Lipinski definition) is 2. The van der Waals surface area contributed by atoms with E-state index in [4.69, 9.17) is 0 Å². The molecule has 0 fully saturated rings. The molecule has 0 atom stereocenters. The summed E-state index contributed by atoms with van der Waals surface area (Å²) >= 11 is 0. The van der Waals surface area contributed by atoms with Crippen LogP contribution in [0.1, 0.15) is 27.7 Å². The van der Waals surface area contributed by atoms with Gasteiger partial charge in [-0.25, -0.2) is 9.67 Å². The molecule has 0 N–H and O–H groups in total. The van der Waals surface area contributed by atoms with Gasteiger partial charge in [0, 0.05) is 17.2 Å². The van der Waals surface area contributed by atoms with Crippen LogP contribution in [-0.2, 0) is 0 Å². The van der Waals surface area contributed by atoms with Crippen LogP contribution in [0, 0.1) is 5.41 Å². The first-order chi connectivity index (χ1) is 6.50. The standard InChI is InChI=1S/C11H17N3/c1-6-9(11(2,3)4)14-10(12-5)7-8-13-14/h6-8H,5H2,1-4H3/b9-6-. The second kappa shape index (κ2) is 3.78. The van der Waals surface area contributed by atoms with Crippen molar-refractivity contribution in [2.75, 3.05) is 0 Å². The van der Waals surface area contributed by atoms with Crippen molar-refractivity contribution in [3.8, 4) is 0 Å². The highest BCUT2D eigenvalue weighted by Crippen LogP contribution is 2.31. The van der Waals surface area contributed by atoms with Gasteiger partial charge in [0.15, 0.2) is 5.82 Å². The SMILES string of the molecule is C=Nc1ccnn1/C(=C\C)C(C)(C)C. The van der Waals surface area contributed by atoms with Crippen molar-refractivity contribution in [1.82, 2.24) is 9.78 Å². The molecule has 0 aliphatic rings. The number of rotatable bonds is 2. The second-order valence-electron chi connectivity index (χ2n) is 4.18. The third-order valence-electron chi connectivity index (χ3n) is 2.05. The van der Waals surface area contributed by atoms with Crippen LogP contribution in [0.25, 0.3) is 5.70 Å². The molecule has 76 valence electrons. The summed E-state index contributed by atoms with van der Waals surface area (Å²) < 4.78 is 1.83. The molecule has 1 rings (SSSR count). The molecule has 0 amide bonds. The Hall–Kier alpha value is -1.38. The lowest BCUT2D eigenvalue weighted by Gasteiger charge is -2.23. The van der Waals surface area contributed by atoms with Crippen LogP contribution in [0.4, 0.5) is 5.82 Å². The molecule has 3 heteroatoms. The van der Waals surface area contributed by atoms with Crippen molar-refractivity contribution in [2.45, 2.75) is 27.7 Å². The van der Waals surface area contributed by atoms with Crippen molar-refractivity contribution in [3.05, 3.63) is 18.3 Å². The molecule has 0 bridgehead atoms. The molecule has 0 radical (unpaired) electrons. The maximum Gasteiger partial charge on any atom is 0.154 e. The van der Waals surface area contributed by atoms with Crippen LogP contribution in [0.2, 0.25) is 0 Å². The molecule has 1 aromatic heterocycles. The number of aromatic nitrogens is 2. The van der Waals surface area contributed by atoms with E-state index in [0.717, 1.165) is 11.5 Å². The summed E-state index contributed by atoms with van der Waals surface area (Å²) in [6.45, 7) is 12.0. The van der Waals surface area contributed by atoms with Gasteiger partial charge in [0.05, 0.1) is 6.20 Å². The van der Waals surface area contributed by atoms with E-state index in [1.165, 1.54) is 0 Å². The lowest BCUT2D eigenvalue weighted by atomic mass is 9.92. The Bertz CT molecular complexity index is 353. The van der Waals surface area contributed by atoms with Gasteiger partial charge in [-0.1, -0.05) is 26.8 Å². The van der Waals surface area contributed by atoms with Gasteiger partial charge in [-0.05, 0) is 13.6 Å². The normalized spacial score (nSPS) is 13.0. The lowest BCUT2D eigenvalue weighted by Crippen LogP contribution is -2.14. The number of hydrogen-bond donors (Lipinski definition) is 0. The molecular formula is C11H17N3. The van der Waals surface area contributed by atoms with Gasteiger partial charge >= 0.3 is 0 Å². The fourth-order valence-corrected chi connectivity index (χ4v) is 1.47. The van der Waals surface area contributed by atoms with Crippen LogP contribution < -0.4 is 0 Å². The zero-order valence-corrected chi connectivity index (χ0v) is 9.28. The molecule has 3 nitrogen and oxygen atoms in total. The van der Waals surface area contributed by atoms with Crippen LogP contribution in [0.5, 0.6) is 0 Å². The zero-order valence-electron chi connectivity index (χ0n) is 9.28. The lowest BCUT2D eigenvalue weighted by molar-refractivity contribution is 0.527. The molecule has 0 unspecified atom stereocenters. The minimum absolute atomic E-state index is 0.0558. The summed E-state index contributed by atoms with van der Waals surface area (Å²) in [6.07, 6.45) is 3.79. The Morgan fingerprint density at radius 2 is 2.21 bits per heavy atom. The molecule has 0 saturated heterocycles. The van der Waals surface area contributed by atoms with E-state index in [2.05, 4.69) is 43.7 Å². The first kappa shape index (κ1) is 10.7. The fourth-order valence-electron chi connectivity index (χ4n) is 1.47. The van der Waals surface area contributed by atoms with E-state index in [-0.39, 0.29) is 5.41 Å². The van der Waals surface area contributed by atoms with Crippen LogP contribution in [0.15, 0.2) is 23.3 Å². The minimum atomic E-state index is 0.0558. The predicted molar refractivity (Wildman–Crippen MR) is 60.8 cm³/mol. The van der Waals surface area contributed by atoms with Crippen molar-refractivity contribution < 1.29 is 0 Å². The Morgan fingerprint density at radius 1 is 1.57 bits per heavy atom. The first-order valence-electron chi connectivity index (χ1n) is 4.68. The fraction of sp³-hybridized carbons (Fsp3) is 0.455. The molecule has 0 saturated carbocycles. The van der Waals surface area contributed by atoms with E-state index < -0.39 is 0 Å². The van der Waals surface area contributed by atoms with Crippen molar-refractivity contribution in [2.24, 2.45) is 10.4 Å². The van der Waals surface area contributed by atoms with Crippen molar-refractivity contribution in [1.29, 1.82) is 0 Å². The Balaban J connectivity index is 3.21.